The highest BCUT2D eigenvalue weighted by Crippen LogP contribution is 2.29. The predicted molar refractivity (Wildman–Crippen MR) is 77.8 cm³/mol. The average Bonchev–Trinajstić information content (AvgIpc) is 2.43. The van der Waals surface area contributed by atoms with Crippen molar-refractivity contribution in [1.29, 1.82) is 0 Å². The highest BCUT2D eigenvalue weighted by Gasteiger charge is 2.10. The zero-order valence-corrected chi connectivity index (χ0v) is 12.2. The third-order valence-corrected chi connectivity index (χ3v) is 3.05. The van der Waals surface area contributed by atoms with Gasteiger partial charge in [-0.15, -0.1) is 0 Å². The van der Waals surface area contributed by atoms with Crippen molar-refractivity contribution >= 4 is 11.6 Å². The van der Waals surface area contributed by atoms with Crippen LogP contribution in [0.3, 0.4) is 0 Å². The number of halogens is 2. The van der Waals surface area contributed by atoms with E-state index >= 15 is 0 Å². The number of ether oxygens (including phenoxy) is 1. The van der Waals surface area contributed by atoms with Crippen LogP contribution in [0.1, 0.15) is 18.1 Å². The molecule has 0 atom stereocenters. The van der Waals surface area contributed by atoms with Crippen molar-refractivity contribution in [2.45, 2.75) is 20.4 Å². The van der Waals surface area contributed by atoms with Crippen LogP contribution in [0.5, 0.6) is 11.6 Å². The Morgan fingerprint density at radius 1 is 1.35 bits per heavy atom. The predicted octanol–water partition coefficient (Wildman–Crippen LogP) is 4.08. The van der Waals surface area contributed by atoms with Crippen molar-refractivity contribution in [3.8, 4) is 11.6 Å². The lowest BCUT2D eigenvalue weighted by Crippen LogP contribution is -2.13. The molecule has 0 unspecified atom stereocenters. The molecule has 20 heavy (non-hydrogen) atoms. The second-order valence-corrected chi connectivity index (χ2v) is 4.85. The summed E-state index contributed by atoms with van der Waals surface area (Å²) in [4.78, 5) is 4.02. The van der Waals surface area contributed by atoms with Gasteiger partial charge in [0.15, 0.2) is 0 Å². The fourth-order valence-electron chi connectivity index (χ4n) is 1.73. The smallest absolute Gasteiger partial charge is 0.223 e. The summed E-state index contributed by atoms with van der Waals surface area (Å²) in [5.74, 6) is 0.625. The van der Waals surface area contributed by atoms with E-state index in [-0.39, 0.29) is 5.82 Å². The second kappa shape index (κ2) is 6.68. The first-order chi connectivity index (χ1) is 9.60. The van der Waals surface area contributed by atoms with Gasteiger partial charge in [0.2, 0.25) is 5.88 Å². The average molecular weight is 295 g/mol. The molecule has 2 aromatic rings. The van der Waals surface area contributed by atoms with Crippen molar-refractivity contribution in [3.63, 3.8) is 0 Å². The van der Waals surface area contributed by atoms with E-state index in [1.807, 2.05) is 19.9 Å². The third kappa shape index (κ3) is 3.68. The van der Waals surface area contributed by atoms with Crippen LogP contribution in [-0.2, 0) is 6.54 Å². The number of hydrogen-bond donors (Lipinski definition) is 1. The highest BCUT2D eigenvalue weighted by molar-refractivity contribution is 6.30. The van der Waals surface area contributed by atoms with Gasteiger partial charge in [-0.3, -0.25) is 0 Å². The molecule has 0 saturated heterocycles. The van der Waals surface area contributed by atoms with Crippen molar-refractivity contribution in [1.82, 2.24) is 10.3 Å². The molecule has 1 heterocycles. The molecular weight excluding hydrogens is 279 g/mol. The summed E-state index contributed by atoms with van der Waals surface area (Å²) in [7, 11) is 0. The van der Waals surface area contributed by atoms with Gasteiger partial charge in [0.05, 0.1) is 6.20 Å². The largest absolute Gasteiger partial charge is 0.438 e. The first kappa shape index (κ1) is 14.8. The van der Waals surface area contributed by atoms with E-state index in [4.69, 9.17) is 16.3 Å². The molecule has 1 N–H and O–H groups in total. The van der Waals surface area contributed by atoms with Crippen LogP contribution in [0.25, 0.3) is 0 Å². The van der Waals surface area contributed by atoms with Gasteiger partial charge in [-0.05, 0) is 37.2 Å². The zero-order valence-electron chi connectivity index (χ0n) is 11.4. The molecule has 106 valence electrons. The topological polar surface area (TPSA) is 34.2 Å². The standard InChI is InChI=1S/C15H16ClFN2O/c1-3-18-8-11-6-13(17)9-19-15(11)20-14-7-12(16)5-4-10(14)2/h4-7,9,18H,3,8H2,1-2H3. The van der Waals surface area contributed by atoms with E-state index in [0.717, 1.165) is 18.3 Å². The van der Waals surface area contributed by atoms with E-state index in [1.165, 1.54) is 6.07 Å². The van der Waals surface area contributed by atoms with E-state index in [9.17, 15) is 4.39 Å². The number of aryl methyl sites for hydroxylation is 1. The lowest BCUT2D eigenvalue weighted by Gasteiger charge is -2.12. The number of benzene rings is 1. The molecule has 0 radical (unpaired) electrons. The molecule has 5 heteroatoms. The Bertz CT molecular complexity index is 604. The van der Waals surface area contributed by atoms with E-state index < -0.39 is 0 Å². The molecule has 0 aliphatic rings. The van der Waals surface area contributed by atoms with Gasteiger partial charge in [-0.2, -0.15) is 0 Å². The molecule has 0 aliphatic carbocycles. The van der Waals surface area contributed by atoms with Crippen LogP contribution in [0.2, 0.25) is 5.02 Å². The fraction of sp³-hybridized carbons (Fsp3) is 0.267. The summed E-state index contributed by atoms with van der Waals surface area (Å²) in [5.41, 5.74) is 1.61. The van der Waals surface area contributed by atoms with Crippen LogP contribution in [0.4, 0.5) is 4.39 Å². The van der Waals surface area contributed by atoms with E-state index in [2.05, 4.69) is 10.3 Å². The lowest BCUT2D eigenvalue weighted by molar-refractivity contribution is 0.446. The molecule has 0 spiro atoms. The molecule has 1 aromatic heterocycles. The molecule has 2 rings (SSSR count). The van der Waals surface area contributed by atoms with Crippen LogP contribution >= 0.6 is 11.6 Å². The summed E-state index contributed by atoms with van der Waals surface area (Å²) in [6.07, 6.45) is 1.14. The Morgan fingerprint density at radius 2 is 2.15 bits per heavy atom. The Morgan fingerprint density at radius 3 is 2.90 bits per heavy atom. The minimum absolute atomic E-state index is 0.381. The van der Waals surface area contributed by atoms with Crippen LogP contribution in [0, 0.1) is 12.7 Å². The maximum absolute atomic E-state index is 13.3. The molecule has 0 amide bonds. The second-order valence-electron chi connectivity index (χ2n) is 4.41. The van der Waals surface area contributed by atoms with Gasteiger partial charge >= 0.3 is 0 Å². The molecule has 3 nitrogen and oxygen atoms in total. The summed E-state index contributed by atoms with van der Waals surface area (Å²) < 4.78 is 19.1. The van der Waals surface area contributed by atoms with Gasteiger partial charge in [0.25, 0.3) is 0 Å². The number of nitrogens with zero attached hydrogens (tertiary/aromatic N) is 1. The van der Waals surface area contributed by atoms with Gasteiger partial charge in [-0.25, -0.2) is 9.37 Å². The van der Waals surface area contributed by atoms with E-state index in [1.54, 1.807) is 12.1 Å². The number of nitrogens with one attached hydrogen (secondary N) is 1. The number of aromatic nitrogens is 1. The SMILES string of the molecule is CCNCc1cc(F)cnc1Oc1cc(Cl)ccc1C. The van der Waals surface area contributed by atoms with Gasteiger partial charge in [0.1, 0.15) is 11.6 Å². The molecule has 0 aliphatic heterocycles. The Balaban J connectivity index is 2.30. The van der Waals surface area contributed by atoms with Crippen LogP contribution in [-0.4, -0.2) is 11.5 Å². The van der Waals surface area contributed by atoms with E-state index in [0.29, 0.717) is 28.8 Å². The molecule has 1 aromatic carbocycles. The lowest BCUT2D eigenvalue weighted by atomic mass is 10.2. The monoisotopic (exact) mass is 294 g/mol. The molecule has 0 fully saturated rings. The molecule has 0 bridgehead atoms. The van der Waals surface area contributed by atoms with Crippen LogP contribution < -0.4 is 10.1 Å². The summed E-state index contributed by atoms with van der Waals surface area (Å²) >= 11 is 5.96. The summed E-state index contributed by atoms with van der Waals surface area (Å²) in [5, 5.41) is 3.72. The Kier molecular flexibility index (Phi) is 4.93. The fourth-order valence-corrected chi connectivity index (χ4v) is 1.90. The quantitative estimate of drug-likeness (QED) is 0.902. The Hall–Kier alpha value is -1.65. The molecule has 0 saturated carbocycles. The maximum Gasteiger partial charge on any atom is 0.223 e. The number of hydrogen-bond acceptors (Lipinski definition) is 3. The minimum atomic E-state index is -0.381. The van der Waals surface area contributed by atoms with Crippen molar-refractivity contribution in [2.75, 3.05) is 6.54 Å². The minimum Gasteiger partial charge on any atom is -0.438 e. The first-order valence-corrected chi connectivity index (χ1v) is 6.77. The summed E-state index contributed by atoms with van der Waals surface area (Å²) in [6.45, 7) is 5.18. The Labute approximate surface area is 122 Å². The van der Waals surface area contributed by atoms with Crippen molar-refractivity contribution < 1.29 is 9.13 Å². The first-order valence-electron chi connectivity index (χ1n) is 6.39. The van der Waals surface area contributed by atoms with Gasteiger partial charge < -0.3 is 10.1 Å². The van der Waals surface area contributed by atoms with Gasteiger partial charge in [0, 0.05) is 17.1 Å². The van der Waals surface area contributed by atoms with Gasteiger partial charge in [-0.1, -0.05) is 24.6 Å². The number of rotatable bonds is 5. The zero-order chi connectivity index (χ0) is 14.5. The highest BCUT2D eigenvalue weighted by atomic mass is 35.5. The summed E-state index contributed by atoms with van der Waals surface area (Å²) in [6, 6.07) is 6.80. The normalized spacial score (nSPS) is 10.6. The van der Waals surface area contributed by atoms with Crippen molar-refractivity contribution in [3.05, 3.63) is 52.4 Å². The van der Waals surface area contributed by atoms with Crippen molar-refractivity contribution in [2.24, 2.45) is 0 Å². The van der Waals surface area contributed by atoms with Crippen LogP contribution in [0.15, 0.2) is 30.5 Å². The number of pyridine rings is 1. The maximum atomic E-state index is 13.3. The third-order valence-electron chi connectivity index (χ3n) is 2.81. The molecular formula is C15H16ClFN2O.